The number of hydrogen-bond donors (Lipinski definition) is 3. The molecule has 0 fully saturated rings. The van der Waals surface area contributed by atoms with E-state index in [1.165, 1.54) is 0 Å². The van der Waals surface area contributed by atoms with Crippen molar-refractivity contribution in [1.82, 2.24) is 0 Å². The van der Waals surface area contributed by atoms with E-state index in [1.54, 1.807) is 48.5 Å². The van der Waals surface area contributed by atoms with E-state index in [2.05, 4.69) is 0 Å². The van der Waals surface area contributed by atoms with Crippen LogP contribution in [0, 0.1) is 0 Å². The van der Waals surface area contributed by atoms with Crippen molar-refractivity contribution in [3.63, 3.8) is 0 Å². The normalized spacial score (nSPS) is 12.1. The number of nitrogens with two attached hydrogens (primary N) is 1. The monoisotopic (exact) mass is 245 g/mol. The van der Waals surface area contributed by atoms with Crippen LogP contribution in [0.4, 0.5) is 0 Å². The molecule has 0 spiro atoms. The molecule has 2 aromatic rings. The van der Waals surface area contributed by atoms with Crippen molar-refractivity contribution >= 4 is 0 Å². The van der Waals surface area contributed by atoms with Crippen LogP contribution in [0.15, 0.2) is 48.5 Å². The van der Waals surface area contributed by atoms with E-state index in [0.717, 1.165) is 5.56 Å². The molecule has 4 nitrogen and oxygen atoms in total. The van der Waals surface area contributed by atoms with Crippen molar-refractivity contribution < 1.29 is 14.9 Å². The van der Waals surface area contributed by atoms with Crippen molar-refractivity contribution in [3.05, 3.63) is 54.1 Å². The summed E-state index contributed by atoms with van der Waals surface area (Å²) in [5, 5.41) is 18.7. The molecule has 4 N–H and O–H groups in total. The molecule has 0 amide bonds. The van der Waals surface area contributed by atoms with Gasteiger partial charge in [-0.05, 0) is 29.8 Å². The van der Waals surface area contributed by atoms with Crippen molar-refractivity contribution in [1.29, 1.82) is 0 Å². The Morgan fingerprint density at radius 2 is 1.67 bits per heavy atom. The molecule has 0 heterocycles. The zero-order chi connectivity index (χ0) is 13.0. The van der Waals surface area contributed by atoms with E-state index >= 15 is 0 Å². The first-order valence-corrected chi connectivity index (χ1v) is 5.62. The summed E-state index contributed by atoms with van der Waals surface area (Å²) in [5.41, 5.74) is 6.82. The zero-order valence-electron chi connectivity index (χ0n) is 9.78. The summed E-state index contributed by atoms with van der Waals surface area (Å²) in [6.45, 7) is 0.252. The number of para-hydroxylation sites is 2. The van der Waals surface area contributed by atoms with E-state index in [9.17, 15) is 10.2 Å². The number of phenolic OH excluding ortho intramolecular Hbond substituents is 2. The summed E-state index contributed by atoms with van der Waals surface area (Å²) in [5.74, 6) is 0.703. The van der Waals surface area contributed by atoms with Gasteiger partial charge in [-0.15, -0.1) is 0 Å². The third-order valence-electron chi connectivity index (χ3n) is 2.60. The first-order valence-electron chi connectivity index (χ1n) is 5.62. The Kier molecular flexibility index (Phi) is 3.69. The molecule has 0 radical (unpaired) electrons. The van der Waals surface area contributed by atoms with Gasteiger partial charge in [-0.1, -0.05) is 24.3 Å². The number of ether oxygens (including phenoxy) is 1. The zero-order valence-corrected chi connectivity index (χ0v) is 9.78. The van der Waals surface area contributed by atoms with Crippen molar-refractivity contribution in [2.24, 2.45) is 5.73 Å². The molecule has 1 unspecified atom stereocenters. The third kappa shape index (κ3) is 2.93. The number of rotatable bonds is 4. The quantitative estimate of drug-likeness (QED) is 0.771. The van der Waals surface area contributed by atoms with Crippen LogP contribution in [-0.2, 0) is 0 Å². The lowest BCUT2D eigenvalue weighted by Gasteiger charge is -2.14. The molecule has 0 aliphatic rings. The summed E-state index contributed by atoms with van der Waals surface area (Å²) < 4.78 is 5.45. The van der Waals surface area contributed by atoms with Gasteiger partial charge in [-0.25, -0.2) is 0 Å². The maximum Gasteiger partial charge on any atom is 0.161 e. The second-order valence-corrected chi connectivity index (χ2v) is 3.98. The summed E-state index contributed by atoms with van der Waals surface area (Å²) in [6.07, 6.45) is 0. The minimum absolute atomic E-state index is 0.0930. The van der Waals surface area contributed by atoms with E-state index in [1.807, 2.05) is 0 Å². The largest absolute Gasteiger partial charge is 0.508 e. The van der Waals surface area contributed by atoms with Crippen molar-refractivity contribution in [3.8, 4) is 17.2 Å². The Labute approximate surface area is 105 Å². The topological polar surface area (TPSA) is 75.7 Å². The highest BCUT2D eigenvalue weighted by Crippen LogP contribution is 2.25. The molecule has 94 valence electrons. The van der Waals surface area contributed by atoms with E-state index < -0.39 is 0 Å². The highest BCUT2D eigenvalue weighted by Gasteiger charge is 2.08. The summed E-state index contributed by atoms with van der Waals surface area (Å²) in [7, 11) is 0. The van der Waals surface area contributed by atoms with Gasteiger partial charge in [0.1, 0.15) is 12.4 Å². The molecule has 4 heteroatoms. The Bertz CT molecular complexity index is 511. The molecular formula is C14H15NO3. The van der Waals surface area contributed by atoms with Gasteiger partial charge in [0, 0.05) is 0 Å². The van der Waals surface area contributed by atoms with E-state index in [-0.39, 0.29) is 24.1 Å². The second-order valence-electron chi connectivity index (χ2n) is 3.98. The first-order chi connectivity index (χ1) is 8.66. The fourth-order valence-corrected chi connectivity index (χ4v) is 1.58. The number of benzene rings is 2. The highest BCUT2D eigenvalue weighted by molar-refractivity contribution is 5.38. The predicted molar refractivity (Wildman–Crippen MR) is 68.6 cm³/mol. The van der Waals surface area contributed by atoms with Gasteiger partial charge in [-0.2, -0.15) is 0 Å². The first kappa shape index (κ1) is 12.3. The standard InChI is InChI=1S/C14H15NO3/c15-12(10-5-7-11(16)8-6-10)9-18-14-4-2-1-3-13(14)17/h1-8,12,16-17H,9,15H2. The third-order valence-corrected chi connectivity index (χ3v) is 2.60. The van der Waals surface area contributed by atoms with Gasteiger partial charge >= 0.3 is 0 Å². The minimum Gasteiger partial charge on any atom is -0.508 e. The smallest absolute Gasteiger partial charge is 0.161 e. The van der Waals surface area contributed by atoms with Crippen LogP contribution in [0.25, 0.3) is 0 Å². The van der Waals surface area contributed by atoms with E-state index in [4.69, 9.17) is 10.5 Å². The lowest BCUT2D eigenvalue weighted by atomic mass is 10.1. The highest BCUT2D eigenvalue weighted by atomic mass is 16.5. The predicted octanol–water partition coefficient (Wildman–Crippen LogP) is 2.18. The molecule has 1 atom stereocenters. The van der Waals surface area contributed by atoms with Crippen LogP contribution in [0.3, 0.4) is 0 Å². The van der Waals surface area contributed by atoms with Crippen LogP contribution in [0.1, 0.15) is 11.6 Å². The fourth-order valence-electron chi connectivity index (χ4n) is 1.58. The second kappa shape index (κ2) is 5.42. The summed E-state index contributed by atoms with van der Waals surface area (Å²) in [6, 6.07) is 13.1. The number of phenols is 2. The van der Waals surface area contributed by atoms with Gasteiger partial charge in [-0.3, -0.25) is 0 Å². The van der Waals surface area contributed by atoms with Gasteiger partial charge in [0.15, 0.2) is 11.5 Å². The fraction of sp³-hybridized carbons (Fsp3) is 0.143. The van der Waals surface area contributed by atoms with Crippen LogP contribution >= 0.6 is 0 Å². The molecule has 2 rings (SSSR count). The van der Waals surface area contributed by atoms with Gasteiger partial charge in [0.2, 0.25) is 0 Å². The Morgan fingerprint density at radius 3 is 2.33 bits per heavy atom. The summed E-state index contributed by atoms with van der Waals surface area (Å²) >= 11 is 0. The molecule has 0 aliphatic carbocycles. The molecule has 0 saturated heterocycles. The lowest BCUT2D eigenvalue weighted by molar-refractivity contribution is 0.276. The molecule has 18 heavy (non-hydrogen) atoms. The Morgan fingerprint density at radius 1 is 1.00 bits per heavy atom. The minimum atomic E-state index is -0.315. The van der Waals surface area contributed by atoms with Crippen molar-refractivity contribution in [2.75, 3.05) is 6.61 Å². The van der Waals surface area contributed by atoms with E-state index in [0.29, 0.717) is 5.75 Å². The average Bonchev–Trinajstić information content (AvgIpc) is 2.38. The SMILES string of the molecule is NC(COc1ccccc1O)c1ccc(O)cc1. The Balaban J connectivity index is 1.98. The molecule has 0 saturated carbocycles. The molecule has 0 aromatic heterocycles. The van der Waals surface area contributed by atoms with Crippen molar-refractivity contribution in [2.45, 2.75) is 6.04 Å². The molecular weight excluding hydrogens is 230 g/mol. The number of aromatic hydroxyl groups is 2. The van der Waals surface area contributed by atoms with Gasteiger partial charge in [0.25, 0.3) is 0 Å². The van der Waals surface area contributed by atoms with Crippen LogP contribution in [0.2, 0.25) is 0 Å². The molecule has 0 aliphatic heterocycles. The maximum absolute atomic E-state index is 9.53. The van der Waals surface area contributed by atoms with Crippen LogP contribution < -0.4 is 10.5 Å². The average molecular weight is 245 g/mol. The Hall–Kier alpha value is -2.20. The summed E-state index contributed by atoms with van der Waals surface area (Å²) in [4.78, 5) is 0. The van der Waals surface area contributed by atoms with Crippen LogP contribution in [0.5, 0.6) is 17.2 Å². The van der Waals surface area contributed by atoms with Crippen LogP contribution in [-0.4, -0.2) is 16.8 Å². The van der Waals surface area contributed by atoms with Gasteiger partial charge < -0.3 is 20.7 Å². The molecule has 2 aromatic carbocycles. The maximum atomic E-state index is 9.53. The lowest BCUT2D eigenvalue weighted by Crippen LogP contribution is -2.18. The number of hydrogen-bond acceptors (Lipinski definition) is 4. The van der Waals surface area contributed by atoms with Gasteiger partial charge in [0.05, 0.1) is 6.04 Å². The molecule has 0 bridgehead atoms.